The zero-order valence-electron chi connectivity index (χ0n) is 11.5. The van der Waals surface area contributed by atoms with E-state index in [9.17, 15) is 0 Å². The Hall–Kier alpha value is -1.42. The van der Waals surface area contributed by atoms with Crippen molar-refractivity contribution in [1.29, 1.82) is 0 Å². The van der Waals surface area contributed by atoms with E-state index in [2.05, 4.69) is 40.2 Å². The Balaban J connectivity index is 2.38. The van der Waals surface area contributed by atoms with Gasteiger partial charge in [0.05, 0.1) is 0 Å². The molecule has 1 aromatic heterocycles. The predicted octanol–water partition coefficient (Wildman–Crippen LogP) is 2.20. The molecule has 0 aliphatic carbocycles. The molecule has 0 spiro atoms. The van der Waals surface area contributed by atoms with Crippen LogP contribution >= 0.6 is 0 Å². The quantitative estimate of drug-likeness (QED) is 0.627. The molecular weight excluding hydrogens is 224 g/mol. The minimum absolute atomic E-state index is 0.826. The Morgan fingerprint density at radius 3 is 2.44 bits per heavy atom. The Kier molecular flexibility index (Phi) is 7.03. The first-order valence-corrected chi connectivity index (χ1v) is 6.67. The van der Waals surface area contributed by atoms with Crippen LogP contribution in [0, 0.1) is 0 Å². The van der Waals surface area contributed by atoms with Crippen LogP contribution in [0.5, 0.6) is 0 Å². The fourth-order valence-electron chi connectivity index (χ4n) is 1.90. The first-order chi connectivity index (χ1) is 8.81. The smallest absolute Gasteiger partial charge is 0.225 e. The van der Waals surface area contributed by atoms with Crippen molar-refractivity contribution in [3.05, 3.63) is 31.1 Å². The van der Waals surface area contributed by atoms with Crippen molar-refractivity contribution >= 4 is 5.95 Å². The second kappa shape index (κ2) is 8.64. The van der Waals surface area contributed by atoms with Crippen molar-refractivity contribution in [1.82, 2.24) is 14.9 Å². The summed E-state index contributed by atoms with van der Waals surface area (Å²) in [4.78, 5) is 13.2. The van der Waals surface area contributed by atoms with Crippen molar-refractivity contribution in [3.8, 4) is 0 Å². The maximum absolute atomic E-state index is 4.29. The molecule has 1 rings (SSSR count). The molecule has 4 heteroatoms. The predicted molar refractivity (Wildman–Crippen MR) is 76.8 cm³/mol. The fourth-order valence-corrected chi connectivity index (χ4v) is 1.90. The lowest BCUT2D eigenvalue weighted by Gasteiger charge is -2.23. The van der Waals surface area contributed by atoms with Gasteiger partial charge in [-0.1, -0.05) is 13.0 Å². The topological polar surface area (TPSA) is 32.3 Å². The average Bonchev–Trinajstić information content (AvgIpc) is 2.43. The van der Waals surface area contributed by atoms with Gasteiger partial charge in [0.2, 0.25) is 5.95 Å². The highest BCUT2D eigenvalue weighted by molar-refractivity contribution is 5.27. The normalized spacial score (nSPS) is 10.6. The van der Waals surface area contributed by atoms with E-state index in [0.29, 0.717) is 0 Å². The second-order valence-corrected chi connectivity index (χ2v) is 4.16. The lowest BCUT2D eigenvalue weighted by molar-refractivity contribution is 0.315. The molecule has 18 heavy (non-hydrogen) atoms. The Bertz CT molecular complexity index is 326. The van der Waals surface area contributed by atoms with E-state index in [1.165, 1.54) is 0 Å². The lowest BCUT2D eigenvalue weighted by atomic mass is 10.3. The first kappa shape index (κ1) is 14.6. The fraction of sp³-hybridized carbons (Fsp3) is 0.571. The van der Waals surface area contributed by atoms with E-state index in [4.69, 9.17) is 0 Å². The molecule has 0 unspecified atom stereocenters. The van der Waals surface area contributed by atoms with Gasteiger partial charge < -0.3 is 4.90 Å². The monoisotopic (exact) mass is 248 g/mol. The number of likely N-dealkylation sites (N-methyl/N-ethyl adjacent to an activating group) is 1. The lowest BCUT2D eigenvalue weighted by Crippen LogP contribution is -2.31. The summed E-state index contributed by atoms with van der Waals surface area (Å²) in [6.45, 7) is 13.2. The van der Waals surface area contributed by atoms with Crippen molar-refractivity contribution in [2.75, 3.05) is 37.6 Å². The summed E-state index contributed by atoms with van der Waals surface area (Å²) in [6, 6.07) is 1.85. The third kappa shape index (κ3) is 4.84. The molecule has 0 aliphatic rings. The van der Waals surface area contributed by atoms with E-state index < -0.39 is 0 Å². The Labute approximate surface area is 110 Å². The molecule has 0 amide bonds. The van der Waals surface area contributed by atoms with Gasteiger partial charge in [0, 0.05) is 38.6 Å². The molecule has 0 saturated carbocycles. The summed E-state index contributed by atoms with van der Waals surface area (Å²) in [7, 11) is 0. The number of anilines is 1. The largest absolute Gasteiger partial charge is 0.341 e. The van der Waals surface area contributed by atoms with Crippen LogP contribution in [0.15, 0.2) is 31.1 Å². The molecule has 0 saturated heterocycles. The van der Waals surface area contributed by atoms with Gasteiger partial charge >= 0.3 is 0 Å². The van der Waals surface area contributed by atoms with Gasteiger partial charge in [-0.3, -0.25) is 4.90 Å². The van der Waals surface area contributed by atoms with E-state index >= 15 is 0 Å². The van der Waals surface area contributed by atoms with Crippen LogP contribution in [0.4, 0.5) is 5.95 Å². The van der Waals surface area contributed by atoms with Gasteiger partial charge in [0.1, 0.15) is 0 Å². The van der Waals surface area contributed by atoms with Gasteiger partial charge in [-0.15, -0.1) is 6.58 Å². The van der Waals surface area contributed by atoms with E-state index in [1.807, 2.05) is 12.1 Å². The number of nitrogens with zero attached hydrogens (tertiary/aromatic N) is 4. The number of hydrogen-bond donors (Lipinski definition) is 0. The summed E-state index contributed by atoms with van der Waals surface area (Å²) in [6.07, 6.45) is 6.66. The van der Waals surface area contributed by atoms with Crippen molar-refractivity contribution < 1.29 is 0 Å². The second-order valence-electron chi connectivity index (χ2n) is 4.16. The van der Waals surface area contributed by atoms with Gasteiger partial charge in [-0.25, -0.2) is 9.97 Å². The molecule has 0 radical (unpaired) electrons. The van der Waals surface area contributed by atoms with Crippen LogP contribution < -0.4 is 4.90 Å². The Morgan fingerprint density at radius 1 is 1.17 bits per heavy atom. The van der Waals surface area contributed by atoms with Crippen LogP contribution in [0.25, 0.3) is 0 Å². The minimum atomic E-state index is 0.826. The molecule has 0 N–H and O–H groups in total. The molecule has 0 atom stereocenters. The SMILES string of the molecule is C=CCN(CC)CCCN(CC)c1ncccn1. The molecule has 1 heterocycles. The molecule has 0 aromatic carbocycles. The molecule has 100 valence electrons. The minimum Gasteiger partial charge on any atom is -0.341 e. The van der Waals surface area contributed by atoms with E-state index in [-0.39, 0.29) is 0 Å². The van der Waals surface area contributed by atoms with Gasteiger partial charge in [-0.2, -0.15) is 0 Å². The summed E-state index contributed by atoms with van der Waals surface area (Å²) in [5.41, 5.74) is 0. The zero-order valence-corrected chi connectivity index (χ0v) is 11.5. The maximum Gasteiger partial charge on any atom is 0.225 e. The highest BCUT2D eigenvalue weighted by Crippen LogP contribution is 2.05. The van der Waals surface area contributed by atoms with Crippen molar-refractivity contribution in [3.63, 3.8) is 0 Å². The van der Waals surface area contributed by atoms with Gasteiger partial charge in [0.25, 0.3) is 0 Å². The van der Waals surface area contributed by atoms with Gasteiger partial charge in [0.15, 0.2) is 0 Å². The van der Waals surface area contributed by atoms with Crippen molar-refractivity contribution in [2.24, 2.45) is 0 Å². The summed E-state index contributed by atoms with van der Waals surface area (Å²) in [5, 5.41) is 0. The summed E-state index contributed by atoms with van der Waals surface area (Å²) >= 11 is 0. The number of hydrogen-bond acceptors (Lipinski definition) is 4. The number of rotatable bonds is 9. The van der Waals surface area contributed by atoms with Crippen LogP contribution in [0.2, 0.25) is 0 Å². The average molecular weight is 248 g/mol. The third-order valence-electron chi connectivity index (χ3n) is 2.95. The van der Waals surface area contributed by atoms with Crippen LogP contribution in [-0.2, 0) is 0 Å². The van der Waals surface area contributed by atoms with Gasteiger partial charge in [-0.05, 0) is 26.0 Å². The third-order valence-corrected chi connectivity index (χ3v) is 2.95. The summed E-state index contributed by atoms with van der Waals surface area (Å²) in [5.74, 6) is 0.826. The molecule has 0 aliphatic heterocycles. The maximum atomic E-state index is 4.29. The van der Waals surface area contributed by atoms with Crippen molar-refractivity contribution in [2.45, 2.75) is 20.3 Å². The van der Waals surface area contributed by atoms with Crippen LogP contribution in [-0.4, -0.2) is 47.6 Å². The Morgan fingerprint density at radius 2 is 1.89 bits per heavy atom. The molecule has 4 nitrogen and oxygen atoms in total. The summed E-state index contributed by atoms with van der Waals surface area (Å²) < 4.78 is 0. The van der Waals surface area contributed by atoms with Crippen LogP contribution in [0.1, 0.15) is 20.3 Å². The van der Waals surface area contributed by atoms with E-state index in [1.54, 1.807) is 12.4 Å². The highest BCUT2D eigenvalue weighted by atomic mass is 15.2. The van der Waals surface area contributed by atoms with E-state index in [0.717, 1.165) is 45.1 Å². The highest BCUT2D eigenvalue weighted by Gasteiger charge is 2.07. The molecular formula is C14H24N4. The molecule has 0 fully saturated rings. The standard InChI is InChI=1S/C14H24N4/c1-4-11-17(5-2)12-8-13-18(6-3)14-15-9-7-10-16-14/h4,7,9-10H,1,5-6,8,11-13H2,2-3H3. The number of aromatic nitrogens is 2. The zero-order chi connectivity index (χ0) is 13.2. The van der Waals surface area contributed by atoms with Crippen LogP contribution in [0.3, 0.4) is 0 Å². The molecule has 1 aromatic rings. The first-order valence-electron chi connectivity index (χ1n) is 6.67. The molecule has 0 bridgehead atoms.